The highest BCUT2D eigenvalue weighted by Gasteiger charge is 2.24. The Labute approximate surface area is 176 Å². The number of benzene rings is 3. The van der Waals surface area contributed by atoms with Gasteiger partial charge in [0.2, 0.25) is 0 Å². The lowest BCUT2D eigenvalue weighted by Gasteiger charge is -2.29. The molecule has 1 fully saturated rings. The highest BCUT2D eigenvalue weighted by molar-refractivity contribution is 5.95. The van der Waals surface area contributed by atoms with E-state index >= 15 is 0 Å². The van der Waals surface area contributed by atoms with E-state index in [4.69, 9.17) is 0 Å². The highest BCUT2D eigenvalue weighted by Crippen LogP contribution is 2.41. The van der Waals surface area contributed by atoms with Gasteiger partial charge in [-0.3, -0.25) is 9.89 Å². The number of carbonyl (C=O) groups is 1. The second-order valence-corrected chi connectivity index (χ2v) is 8.21. The van der Waals surface area contributed by atoms with Crippen molar-refractivity contribution in [3.8, 4) is 11.1 Å². The summed E-state index contributed by atoms with van der Waals surface area (Å²) in [5.41, 5.74) is 6.60. The Bertz CT molecular complexity index is 1190. The van der Waals surface area contributed by atoms with E-state index in [-0.39, 0.29) is 5.91 Å². The van der Waals surface area contributed by atoms with E-state index in [1.54, 1.807) is 4.90 Å². The summed E-state index contributed by atoms with van der Waals surface area (Å²) < 4.78 is 0. The summed E-state index contributed by atoms with van der Waals surface area (Å²) in [6.07, 6.45) is 5.49. The molecule has 1 amide bonds. The SMILES string of the molecule is CN(Cc1cccc2cn[nH]c12)C(=O)c1ccc(-c2ccccc2)c(C2CCC2)c1. The van der Waals surface area contributed by atoms with Crippen LogP contribution < -0.4 is 0 Å². The van der Waals surface area contributed by atoms with Crippen molar-refractivity contribution in [1.82, 2.24) is 15.1 Å². The largest absolute Gasteiger partial charge is 0.337 e. The summed E-state index contributed by atoms with van der Waals surface area (Å²) in [4.78, 5) is 15.0. The number of fused-ring (bicyclic) bond motifs is 1. The van der Waals surface area contributed by atoms with Crippen LogP contribution in [0.3, 0.4) is 0 Å². The van der Waals surface area contributed by atoms with E-state index in [9.17, 15) is 4.79 Å². The Morgan fingerprint density at radius 2 is 1.90 bits per heavy atom. The first-order chi connectivity index (χ1) is 14.7. The first kappa shape index (κ1) is 18.6. The summed E-state index contributed by atoms with van der Waals surface area (Å²) in [7, 11) is 1.87. The fourth-order valence-electron chi connectivity index (χ4n) is 4.34. The van der Waals surface area contributed by atoms with Gasteiger partial charge in [-0.05, 0) is 53.1 Å². The lowest BCUT2D eigenvalue weighted by Crippen LogP contribution is -2.26. The molecule has 1 heterocycles. The third-order valence-corrected chi connectivity index (χ3v) is 6.25. The molecule has 3 aromatic carbocycles. The molecular formula is C26H25N3O. The average Bonchev–Trinajstić information content (AvgIpc) is 3.22. The number of para-hydroxylation sites is 1. The molecule has 4 heteroatoms. The van der Waals surface area contributed by atoms with Crippen LogP contribution in [-0.2, 0) is 6.54 Å². The lowest BCUT2D eigenvalue weighted by molar-refractivity contribution is 0.0785. The van der Waals surface area contributed by atoms with Crippen LogP contribution in [-0.4, -0.2) is 28.1 Å². The smallest absolute Gasteiger partial charge is 0.253 e. The van der Waals surface area contributed by atoms with Crippen molar-refractivity contribution in [2.75, 3.05) is 7.05 Å². The molecule has 0 unspecified atom stereocenters. The number of rotatable bonds is 5. The summed E-state index contributed by atoms with van der Waals surface area (Å²) in [5, 5.41) is 8.24. The van der Waals surface area contributed by atoms with E-state index in [0.717, 1.165) is 22.0 Å². The third kappa shape index (κ3) is 3.39. The summed E-state index contributed by atoms with van der Waals surface area (Å²) >= 11 is 0. The van der Waals surface area contributed by atoms with E-state index < -0.39 is 0 Å². The molecule has 0 radical (unpaired) electrons. The van der Waals surface area contributed by atoms with Crippen molar-refractivity contribution in [1.29, 1.82) is 0 Å². The Kier molecular flexibility index (Phi) is 4.83. The number of H-pyrrole nitrogens is 1. The summed E-state index contributed by atoms with van der Waals surface area (Å²) in [5.74, 6) is 0.601. The Balaban J connectivity index is 1.44. The van der Waals surface area contributed by atoms with Crippen LogP contribution in [0, 0.1) is 0 Å². The van der Waals surface area contributed by atoms with Crippen LogP contribution in [0.15, 0.2) is 72.9 Å². The molecule has 0 bridgehead atoms. The third-order valence-electron chi connectivity index (χ3n) is 6.25. The van der Waals surface area contributed by atoms with Gasteiger partial charge in [0.25, 0.3) is 5.91 Å². The van der Waals surface area contributed by atoms with Crippen molar-refractivity contribution >= 4 is 16.8 Å². The van der Waals surface area contributed by atoms with Crippen LogP contribution in [0.25, 0.3) is 22.0 Å². The van der Waals surface area contributed by atoms with Gasteiger partial charge in [-0.15, -0.1) is 0 Å². The predicted octanol–water partition coefficient (Wildman–Crippen LogP) is 5.77. The number of carbonyl (C=O) groups excluding carboxylic acids is 1. The highest BCUT2D eigenvalue weighted by atomic mass is 16.2. The topological polar surface area (TPSA) is 49.0 Å². The van der Waals surface area contributed by atoms with E-state index in [0.29, 0.717) is 12.5 Å². The quantitative estimate of drug-likeness (QED) is 0.466. The van der Waals surface area contributed by atoms with Gasteiger partial charge < -0.3 is 4.90 Å². The normalized spacial score (nSPS) is 13.9. The number of hydrogen-bond donors (Lipinski definition) is 1. The summed E-state index contributed by atoms with van der Waals surface area (Å²) in [6, 6.07) is 22.8. The zero-order valence-corrected chi connectivity index (χ0v) is 17.1. The van der Waals surface area contributed by atoms with Crippen molar-refractivity contribution in [3.63, 3.8) is 0 Å². The average molecular weight is 396 g/mol. The number of aromatic nitrogens is 2. The van der Waals surface area contributed by atoms with Crippen molar-refractivity contribution in [2.45, 2.75) is 31.7 Å². The number of amides is 1. The zero-order valence-electron chi connectivity index (χ0n) is 17.1. The lowest BCUT2D eigenvalue weighted by atomic mass is 9.76. The van der Waals surface area contributed by atoms with Gasteiger partial charge in [-0.25, -0.2) is 0 Å². The van der Waals surface area contributed by atoms with Crippen molar-refractivity contribution in [2.24, 2.45) is 0 Å². The van der Waals surface area contributed by atoms with Crippen LogP contribution >= 0.6 is 0 Å². The van der Waals surface area contributed by atoms with Gasteiger partial charge in [0.1, 0.15) is 0 Å². The summed E-state index contributed by atoms with van der Waals surface area (Å²) in [6.45, 7) is 0.539. The monoisotopic (exact) mass is 395 g/mol. The second kappa shape index (κ2) is 7.79. The standard InChI is InChI=1S/C26H25N3O/c1-29(17-22-12-6-11-21-16-27-28-25(21)22)26(30)20-13-14-23(18-7-3-2-4-8-18)24(15-20)19-9-5-10-19/h2-4,6-8,11-16,19H,5,9-10,17H2,1H3,(H,27,28). The van der Waals surface area contributed by atoms with Gasteiger partial charge in [-0.2, -0.15) is 5.10 Å². The van der Waals surface area contributed by atoms with Gasteiger partial charge in [0, 0.05) is 24.5 Å². The molecule has 1 aromatic heterocycles. The Morgan fingerprint density at radius 3 is 2.67 bits per heavy atom. The molecule has 4 nitrogen and oxygen atoms in total. The molecule has 150 valence electrons. The van der Waals surface area contributed by atoms with Gasteiger partial charge >= 0.3 is 0 Å². The number of aromatic amines is 1. The molecule has 0 spiro atoms. The molecule has 1 aliphatic rings. The van der Waals surface area contributed by atoms with Gasteiger partial charge in [0.05, 0.1) is 11.7 Å². The molecule has 5 rings (SSSR count). The Hall–Kier alpha value is -3.40. The van der Waals surface area contributed by atoms with Gasteiger partial charge in [0.15, 0.2) is 0 Å². The molecule has 1 aliphatic carbocycles. The van der Waals surface area contributed by atoms with E-state index in [1.165, 1.54) is 36.0 Å². The van der Waals surface area contributed by atoms with Crippen LogP contribution in [0.1, 0.15) is 46.7 Å². The number of nitrogens with one attached hydrogen (secondary N) is 1. The first-order valence-electron chi connectivity index (χ1n) is 10.6. The fourth-order valence-corrected chi connectivity index (χ4v) is 4.34. The van der Waals surface area contributed by atoms with Crippen molar-refractivity contribution in [3.05, 3.63) is 89.6 Å². The molecule has 30 heavy (non-hydrogen) atoms. The van der Waals surface area contributed by atoms with E-state index in [1.807, 2.05) is 43.6 Å². The van der Waals surface area contributed by atoms with Crippen LogP contribution in [0.4, 0.5) is 0 Å². The molecular weight excluding hydrogens is 370 g/mol. The Morgan fingerprint density at radius 1 is 1.07 bits per heavy atom. The number of nitrogens with zero attached hydrogens (tertiary/aromatic N) is 2. The minimum atomic E-state index is 0.0479. The first-order valence-corrected chi connectivity index (χ1v) is 10.6. The van der Waals surface area contributed by atoms with Crippen LogP contribution in [0.5, 0.6) is 0 Å². The fraction of sp³-hybridized carbons (Fsp3) is 0.231. The zero-order chi connectivity index (χ0) is 20.5. The molecule has 0 atom stereocenters. The maximum Gasteiger partial charge on any atom is 0.253 e. The van der Waals surface area contributed by atoms with Gasteiger partial charge in [-0.1, -0.05) is 61.0 Å². The van der Waals surface area contributed by atoms with E-state index in [2.05, 4.69) is 46.6 Å². The molecule has 4 aromatic rings. The maximum absolute atomic E-state index is 13.3. The number of hydrogen-bond acceptors (Lipinski definition) is 2. The minimum absolute atomic E-state index is 0.0479. The molecule has 0 saturated heterocycles. The predicted molar refractivity (Wildman–Crippen MR) is 120 cm³/mol. The maximum atomic E-state index is 13.3. The molecule has 0 aliphatic heterocycles. The second-order valence-electron chi connectivity index (χ2n) is 8.21. The molecule has 1 N–H and O–H groups in total. The van der Waals surface area contributed by atoms with Crippen molar-refractivity contribution < 1.29 is 4.79 Å². The van der Waals surface area contributed by atoms with Crippen LogP contribution in [0.2, 0.25) is 0 Å². The molecule has 1 saturated carbocycles. The minimum Gasteiger partial charge on any atom is -0.337 e.